The highest BCUT2D eigenvalue weighted by atomic mass is 32.2. The highest BCUT2D eigenvalue weighted by Crippen LogP contribution is 2.29. The van der Waals surface area contributed by atoms with Crippen molar-refractivity contribution in [2.45, 2.75) is 31.4 Å². The van der Waals surface area contributed by atoms with Gasteiger partial charge in [0.1, 0.15) is 0 Å². The second-order valence-electron chi connectivity index (χ2n) is 4.19. The van der Waals surface area contributed by atoms with E-state index in [9.17, 15) is 18.3 Å². The Kier molecular flexibility index (Phi) is 12.7. The van der Waals surface area contributed by atoms with Gasteiger partial charge in [0, 0.05) is 25.4 Å². The molecule has 8 heteroatoms. The smallest absolute Gasteiger partial charge is 0.389 e. The quantitative estimate of drug-likeness (QED) is 0.509. The predicted molar refractivity (Wildman–Crippen MR) is 73.9 cm³/mol. The maximum atomic E-state index is 11.8. The summed E-state index contributed by atoms with van der Waals surface area (Å²) in [4.78, 5) is 0. The van der Waals surface area contributed by atoms with Crippen LogP contribution in [0, 0.1) is 0 Å². The Morgan fingerprint density at radius 2 is 1.90 bits per heavy atom. The van der Waals surface area contributed by atoms with Crippen LogP contribution in [-0.4, -0.2) is 62.0 Å². The molecule has 0 aliphatic heterocycles. The second-order valence-corrected chi connectivity index (χ2v) is 5.35. The largest absolute Gasteiger partial charge is 0.441 e. The van der Waals surface area contributed by atoms with Crippen molar-refractivity contribution in [2.75, 3.05) is 45.3 Å². The molecule has 0 aliphatic carbocycles. The van der Waals surface area contributed by atoms with Crippen molar-refractivity contribution in [1.29, 1.82) is 0 Å². The summed E-state index contributed by atoms with van der Waals surface area (Å²) in [6, 6.07) is 0. The molecule has 20 heavy (non-hydrogen) atoms. The fourth-order valence-electron chi connectivity index (χ4n) is 1.25. The average Bonchev–Trinajstić information content (AvgIpc) is 2.36. The van der Waals surface area contributed by atoms with E-state index in [-0.39, 0.29) is 37.2 Å². The lowest BCUT2D eigenvalue weighted by atomic mass is 10.4. The molecule has 1 atom stereocenters. The fourth-order valence-corrected chi connectivity index (χ4v) is 1.73. The molecule has 0 fully saturated rings. The van der Waals surface area contributed by atoms with Crippen LogP contribution in [0.2, 0.25) is 0 Å². The number of hydrogen-bond donors (Lipinski definition) is 2. The highest BCUT2D eigenvalue weighted by molar-refractivity contribution is 8.00. The van der Waals surface area contributed by atoms with E-state index in [0.29, 0.717) is 19.8 Å². The van der Waals surface area contributed by atoms with Crippen molar-refractivity contribution in [3.63, 3.8) is 0 Å². The molecule has 4 nitrogen and oxygen atoms in total. The topological polar surface area (TPSA) is 50.7 Å². The van der Waals surface area contributed by atoms with E-state index in [4.69, 9.17) is 9.47 Å². The molecule has 0 aromatic heterocycles. The fraction of sp³-hybridized carbons (Fsp3) is 1.00. The minimum atomic E-state index is -4.19. The molecule has 0 saturated heterocycles. The zero-order valence-electron chi connectivity index (χ0n) is 11.7. The van der Waals surface area contributed by atoms with Crippen LogP contribution >= 0.6 is 11.8 Å². The molecule has 0 radical (unpaired) electrons. The van der Waals surface area contributed by atoms with Crippen molar-refractivity contribution in [2.24, 2.45) is 0 Å². The van der Waals surface area contributed by atoms with Crippen LogP contribution in [0.3, 0.4) is 0 Å². The van der Waals surface area contributed by atoms with Gasteiger partial charge in [-0.1, -0.05) is 13.3 Å². The Balaban J connectivity index is 3.23. The lowest BCUT2D eigenvalue weighted by Crippen LogP contribution is -2.32. The summed E-state index contributed by atoms with van der Waals surface area (Å²) in [5, 5.41) is 12.2. The predicted octanol–water partition coefficient (Wildman–Crippen LogP) is 2.02. The molecular weight excluding hydrogens is 295 g/mol. The molecular formula is C12H24F3NO3S. The summed E-state index contributed by atoms with van der Waals surface area (Å²) < 4.78 is 45.9. The van der Waals surface area contributed by atoms with Gasteiger partial charge in [-0.3, -0.25) is 0 Å². The number of hydrogen-bond acceptors (Lipinski definition) is 5. The van der Waals surface area contributed by atoms with Crippen LogP contribution in [0.1, 0.15) is 19.8 Å². The summed E-state index contributed by atoms with van der Waals surface area (Å²) in [6.07, 6.45) is 1.38. The Morgan fingerprint density at radius 3 is 2.55 bits per heavy atom. The van der Waals surface area contributed by atoms with Crippen LogP contribution in [0.25, 0.3) is 0 Å². The number of rotatable bonds is 13. The maximum absolute atomic E-state index is 11.8. The van der Waals surface area contributed by atoms with E-state index in [2.05, 4.69) is 12.2 Å². The van der Waals surface area contributed by atoms with Crippen molar-refractivity contribution in [3.8, 4) is 0 Å². The van der Waals surface area contributed by atoms with Crippen LogP contribution in [0.15, 0.2) is 0 Å². The number of ether oxygens (including phenoxy) is 2. The van der Waals surface area contributed by atoms with Crippen LogP contribution in [0.4, 0.5) is 13.2 Å². The van der Waals surface area contributed by atoms with E-state index in [1.807, 2.05) is 0 Å². The lowest BCUT2D eigenvalue weighted by Gasteiger charge is -2.12. The molecule has 0 aromatic rings. The molecule has 0 aromatic carbocycles. The van der Waals surface area contributed by atoms with Gasteiger partial charge in [0.15, 0.2) is 0 Å². The van der Waals surface area contributed by atoms with Crippen molar-refractivity contribution in [3.05, 3.63) is 0 Å². The summed E-state index contributed by atoms with van der Waals surface area (Å²) in [5.74, 6) is -0.0671. The summed E-state index contributed by atoms with van der Waals surface area (Å²) in [6.45, 7) is 4.25. The second kappa shape index (κ2) is 12.7. The van der Waals surface area contributed by atoms with Gasteiger partial charge in [0.05, 0.1) is 25.9 Å². The van der Waals surface area contributed by atoms with Crippen LogP contribution in [-0.2, 0) is 9.47 Å². The highest BCUT2D eigenvalue weighted by Gasteiger charge is 2.27. The first-order valence-electron chi connectivity index (χ1n) is 6.70. The van der Waals surface area contributed by atoms with Gasteiger partial charge in [-0.25, -0.2) is 0 Å². The molecule has 1 unspecified atom stereocenters. The van der Waals surface area contributed by atoms with E-state index in [0.717, 1.165) is 12.8 Å². The Bertz CT molecular complexity index is 221. The zero-order valence-corrected chi connectivity index (χ0v) is 12.6. The first-order valence-corrected chi connectivity index (χ1v) is 7.69. The van der Waals surface area contributed by atoms with Gasteiger partial charge in [0.25, 0.3) is 0 Å². The summed E-state index contributed by atoms with van der Waals surface area (Å²) in [5.41, 5.74) is -4.19. The molecule has 0 amide bonds. The van der Waals surface area contributed by atoms with Crippen molar-refractivity contribution >= 4 is 11.8 Å². The van der Waals surface area contributed by atoms with Crippen LogP contribution < -0.4 is 5.32 Å². The molecule has 0 aliphatic rings. The minimum Gasteiger partial charge on any atom is -0.389 e. The summed E-state index contributed by atoms with van der Waals surface area (Å²) in [7, 11) is 0. The SMILES string of the molecule is CCCCOCCOCC(O)CNCCSC(F)(F)F. The van der Waals surface area contributed by atoms with E-state index in [1.54, 1.807) is 0 Å². The number of thioether (sulfide) groups is 1. The molecule has 0 saturated carbocycles. The third-order valence-electron chi connectivity index (χ3n) is 2.25. The lowest BCUT2D eigenvalue weighted by molar-refractivity contribution is -0.0327. The average molecular weight is 319 g/mol. The first-order chi connectivity index (χ1) is 9.45. The molecule has 0 spiro atoms. The van der Waals surface area contributed by atoms with E-state index in [1.165, 1.54) is 0 Å². The number of halogens is 3. The summed E-state index contributed by atoms with van der Waals surface area (Å²) >= 11 is -0.0758. The van der Waals surface area contributed by atoms with E-state index < -0.39 is 11.6 Å². The normalized spacial score (nSPS) is 13.7. The van der Waals surface area contributed by atoms with Gasteiger partial charge >= 0.3 is 5.51 Å². The third kappa shape index (κ3) is 16.0. The van der Waals surface area contributed by atoms with Crippen LogP contribution in [0.5, 0.6) is 0 Å². The standard InChI is InChI=1S/C12H24F3NO3S/c1-2-3-5-18-6-7-19-10-11(17)9-16-4-8-20-12(13,14)15/h11,16-17H,2-10H2,1H3. The third-order valence-corrected chi connectivity index (χ3v) is 2.98. The monoisotopic (exact) mass is 319 g/mol. The van der Waals surface area contributed by atoms with Gasteiger partial charge in [-0.05, 0) is 18.2 Å². The maximum Gasteiger partial charge on any atom is 0.441 e. The van der Waals surface area contributed by atoms with Gasteiger partial charge in [-0.15, -0.1) is 0 Å². The molecule has 0 rings (SSSR count). The number of alkyl halides is 3. The number of aliphatic hydroxyl groups is 1. The molecule has 2 N–H and O–H groups in total. The van der Waals surface area contributed by atoms with Crippen molar-refractivity contribution in [1.82, 2.24) is 5.32 Å². The Hall–Kier alpha value is -0.0200. The first kappa shape index (κ1) is 20.0. The van der Waals surface area contributed by atoms with E-state index >= 15 is 0 Å². The minimum absolute atomic E-state index is 0.0671. The van der Waals surface area contributed by atoms with Gasteiger partial charge in [0.2, 0.25) is 0 Å². The molecule has 0 bridgehead atoms. The Morgan fingerprint density at radius 1 is 1.20 bits per heavy atom. The molecule has 0 heterocycles. The van der Waals surface area contributed by atoms with Crippen molar-refractivity contribution < 1.29 is 27.8 Å². The number of aliphatic hydroxyl groups excluding tert-OH is 1. The zero-order chi connectivity index (χ0) is 15.3. The Labute approximate surface area is 122 Å². The molecule has 122 valence electrons. The number of nitrogens with one attached hydrogen (secondary N) is 1. The number of unbranched alkanes of at least 4 members (excludes halogenated alkanes) is 1. The van der Waals surface area contributed by atoms with Gasteiger partial charge in [-0.2, -0.15) is 13.2 Å². The van der Waals surface area contributed by atoms with Gasteiger partial charge < -0.3 is 19.9 Å².